The topological polar surface area (TPSA) is 58.2 Å². The minimum absolute atomic E-state index is 0.194. The number of amides is 2. The zero-order chi connectivity index (χ0) is 15.1. The molecule has 20 heavy (non-hydrogen) atoms. The maximum atomic E-state index is 12.2. The van der Waals surface area contributed by atoms with E-state index in [9.17, 15) is 9.59 Å². The van der Waals surface area contributed by atoms with Crippen molar-refractivity contribution in [3.05, 3.63) is 29.3 Å². The number of carbonyl (C=O) groups is 2. The van der Waals surface area contributed by atoms with Crippen molar-refractivity contribution in [3.63, 3.8) is 0 Å². The summed E-state index contributed by atoms with van der Waals surface area (Å²) in [7, 11) is 1.56. The second kappa shape index (κ2) is 4.93. The van der Waals surface area contributed by atoms with Gasteiger partial charge in [0.05, 0.1) is 5.41 Å². The predicted molar refractivity (Wildman–Crippen MR) is 80.4 cm³/mol. The number of carbonyl (C=O) groups excluding carboxylic acids is 2. The average Bonchev–Trinajstić information content (AvgIpc) is 2.91. The molecule has 0 radical (unpaired) electrons. The smallest absolute Gasteiger partial charge is 0.251 e. The van der Waals surface area contributed by atoms with Crippen molar-refractivity contribution in [1.82, 2.24) is 5.32 Å². The number of nitrogens with one attached hydrogen (secondary N) is 2. The van der Waals surface area contributed by atoms with Gasteiger partial charge in [0.15, 0.2) is 0 Å². The number of rotatable bonds is 3. The molecule has 0 spiro atoms. The lowest BCUT2D eigenvalue weighted by atomic mass is 10.0. The van der Waals surface area contributed by atoms with Crippen LogP contribution < -0.4 is 10.6 Å². The Bertz CT molecular complexity index is 587. The lowest BCUT2D eigenvalue weighted by molar-refractivity contribution is -0.120. The molecule has 1 unspecified atom stereocenters. The predicted octanol–water partition coefficient (Wildman–Crippen LogP) is 2.88. The maximum absolute atomic E-state index is 12.2. The van der Waals surface area contributed by atoms with E-state index in [0.29, 0.717) is 23.2 Å². The van der Waals surface area contributed by atoms with E-state index in [0.717, 1.165) is 0 Å². The minimum Gasteiger partial charge on any atom is -0.355 e. The van der Waals surface area contributed by atoms with Crippen LogP contribution in [-0.2, 0) is 4.79 Å². The molecule has 0 aliphatic heterocycles. The van der Waals surface area contributed by atoms with Gasteiger partial charge in [-0.15, -0.1) is 23.2 Å². The van der Waals surface area contributed by atoms with Crippen molar-refractivity contribution >= 4 is 40.7 Å². The molecule has 2 amide bonds. The molecule has 0 saturated heterocycles. The second-order valence-electron chi connectivity index (χ2n) is 5.22. The van der Waals surface area contributed by atoms with Crippen LogP contribution in [0, 0.1) is 12.3 Å². The zero-order valence-corrected chi connectivity index (χ0v) is 13.0. The molecule has 1 aliphatic rings. The summed E-state index contributed by atoms with van der Waals surface area (Å²) in [4.78, 5) is 24.0. The number of halogens is 2. The van der Waals surface area contributed by atoms with E-state index < -0.39 is 9.75 Å². The molecule has 1 aliphatic carbocycles. The fourth-order valence-corrected chi connectivity index (χ4v) is 2.76. The molecule has 2 N–H and O–H groups in total. The zero-order valence-electron chi connectivity index (χ0n) is 11.5. The van der Waals surface area contributed by atoms with Gasteiger partial charge < -0.3 is 10.6 Å². The van der Waals surface area contributed by atoms with Gasteiger partial charge in [-0.05, 0) is 38.0 Å². The van der Waals surface area contributed by atoms with Crippen molar-refractivity contribution < 1.29 is 9.59 Å². The molecule has 1 saturated carbocycles. The summed E-state index contributed by atoms with van der Waals surface area (Å²) in [5, 5.41) is 5.36. The van der Waals surface area contributed by atoms with Crippen molar-refractivity contribution in [3.8, 4) is 0 Å². The van der Waals surface area contributed by atoms with Crippen LogP contribution in [0.1, 0.15) is 29.3 Å². The maximum Gasteiger partial charge on any atom is 0.251 e. The first-order valence-electron chi connectivity index (χ1n) is 6.24. The average molecular weight is 315 g/mol. The Labute approximate surface area is 127 Å². The van der Waals surface area contributed by atoms with Gasteiger partial charge in [0.2, 0.25) is 5.91 Å². The van der Waals surface area contributed by atoms with Crippen LogP contribution in [0.2, 0.25) is 0 Å². The number of alkyl halides is 2. The van der Waals surface area contributed by atoms with E-state index in [4.69, 9.17) is 23.2 Å². The summed E-state index contributed by atoms with van der Waals surface area (Å²) in [5.74, 6) is -0.431. The summed E-state index contributed by atoms with van der Waals surface area (Å²) in [6, 6.07) is 5.17. The van der Waals surface area contributed by atoms with E-state index in [1.165, 1.54) is 0 Å². The molecular formula is C14H16Cl2N2O2. The van der Waals surface area contributed by atoms with Crippen LogP contribution in [0.15, 0.2) is 18.2 Å². The number of hydrogen-bond donors (Lipinski definition) is 2. The molecule has 6 heteroatoms. The van der Waals surface area contributed by atoms with Gasteiger partial charge in [-0.2, -0.15) is 0 Å². The molecule has 108 valence electrons. The fourth-order valence-electron chi connectivity index (χ4n) is 2.06. The third-order valence-corrected chi connectivity index (χ3v) is 4.91. The van der Waals surface area contributed by atoms with Gasteiger partial charge in [-0.1, -0.05) is 6.07 Å². The summed E-state index contributed by atoms with van der Waals surface area (Å²) in [6.07, 6.45) is 0.420. The fraction of sp³-hybridized carbons (Fsp3) is 0.429. The molecule has 0 aromatic heterocycles. The lowest BCUT2D eigenvalue weighted by Crippen LogP contribution is -2.27. The first-order chi connectivity index (χ1) is 9.23. The van der Waals surface area contributed by atoms with Crippen LogP contribution in [0.4, 0.5) is 5.69 Å². The monoisotopic (exact) mass is 314 g/mol. The summed E-state index contributed by atoms with van der Waals surface area (Å²) >= 11 is 12.0. The summed E-state index contributed by atoms with van der Waals surface area (Å²) in [5.41, 5.74) is 1.03. The number of benzene rings is 1. The molecule has 1 aromatic rings. The third-order valence-electron chi connectivity index (χ3n) is 3.81. The Morgan fingerprint density at radius 1 is 1.30 bits per heavy atom. The van der Waals surface area contributed by atoms with Gasteiger partial charge in [-0.3, -0.25) is 9.59 Å². The summed E-state index contributed by atoms with van der Waals surface area (Å²) in [6.45, 7) is 3.50. The highest BCUT2D eigenvalue weighted by Crippen LogP contribution is 2.64. The van der Waals surface area contributed by atoms with Gasteiger partial charge in [0.25, 0.3) is 5.91 Å². The van der Waals surface area contributed by atoms with Crippen molar-refractivity contribution in [2.45, 2.75) is 24.6 Å². The Kier molecular flexibility index (Phi) is 3.73. The van der Waals surface area contributed by atoms with Crippen LogP contribution in [0.25, 0.3) is 0 Å². The minimum atomic E-state index is -1.01. The first-order valence-corrected chi connectivity index (χ1v) is 6.99. The van der Waals surface area contributed by atoms with Crippen molar-refractivity contribution in [2.75, 3.05) is 12.4 Å². The quantitative estimate of drug-likeness (QED) is 0.843. The largest absolute Gasteiger partial charge is 0.355 e. The highest BCUT2D eigenvalue weighted by molar-refractivity contribution is 6.53. The second-order valence-corrected chi connectivity index (χ2v) is 6.71. The Hall–Kier alpha value is -1.26. The van der Waals surface area contributed by atoms with Crippen molar-refractivity contribution in [2.24, 2.45) is 5.41 Å². The molecular weight excluding hydrogens is 299 g/mol. The molecule has 1 atom stereocenters. The molecule has 0 heterocycles. The molecule has 2 rings (SSSR count). The van der Waals surface area contributed by atoms with Gasteiger partial charge in [0.1, 0.15) is 4.33 Å². The number of anilines is 1. The van der Waals surface area contributed by atoms with E-state index in [2.05, 4.69) is 10.6 Å². The molecule has 0 bridgehead atoms. The highest BCUT2D eigenvalue weighted by atomic mass is 35.5. The Morgan fingerprint density at radius 3 is 2.40 bits per heavy atom. The van der Waals surface area contributed by atoms with Crippen LogP contribution in [-0.4, -0.2) is 23.2 Å². The van der Waals surface area contributed by atoms with Gasteiger partial charge in [0, 0.05) is 18.3 Å². The van der Waals surface area contributed by atoms with E-state index in [1.54, 1.807) is 39.1 Å². The Balaban J connectivity index is 2.23. The molecule has 1 fully saturated rings. The SMILES string of the molecule is CNC(=O)c1cccc(NC(=O)C2(C)CC2(Cl)Cl)c1C. The van der Waals surface area contributed by atoms with E-state index >= 15 is 0 Å². The van der Waals surface area contributed by atoms with Gasteiger partial charge in [-0.25, -0.2) is 0 Å². The molecule has 1 aromatic carbocycles. The summed E-state index contributed by atoms with van der Waals surface area (Å²) < 4.78 is -1.01. The van der Waals surface area contributed by atoms with Gasteiger partial charge >= 0.3 is 0 Å². The first kappa shape index (κ1) is 15.1. The van der Waals surface area contributed by atoms with Crippen LogP contribution >= 0.6 is 23.2 Å². The number of hydrogen-bond acceptors (Lipinski definition) is 2. The standard InChI is InChI=1S/C14H16Cl2N2O2/c1-8-9(11(19)17-3)5-4-6-10(8)18-12(20)13(2)7-14(13,15)16/h4-6H,7H2,1-3H3,(H,17,19)(H,18,20). The normalized spacial score (nSPS) is 23.1. The van der Waals surface area contributed by atoms with Crippen LogP contribution in [0.3, 0.4) is 0 Å². The molecule has 4 nitrogen and oxygen atoms in total. The van der Waals surface area contributed by atoms with E-state index in [-0.39, 0.29) is 11.8 Å². The van der Waals surface area contributed by atoms with Crippen LogP contribution in [0.5, 0.6) is 0 Å². The van der Waals surface area contributed by atoms with Crippen molar-refractivity contribution in [1.29, 1.82) is 0 Å². The Morgan fingerprint density at radius 2 is 1.90 bits per heavy atom. The lowest BCUT2D eigenvalue weighted by Gasteiger charge is -2.15. The third kappa shape index (κ3) is 2.38. The van der Waals surface area contributed by atoms with E-state index in [1.807, 2.05) is 0 Å². The highest BCUT2D eigenvalue weighted by Gasteiger charge is 2.67.